The number of benzene rings is 1. The minimum Gasteiger partial charge on any atom is -0.273 e. The number of unbranched alkanes of at least 4 members (excludes halogenated alkanes) is 1. The molecule has 1 rings (SSSR count). The molecule has 0 radical (unpaired) electrons. The van der Waals surface area contributed by atoms with E-state index >= 15 is 0 Å². The first kappa shape index (κ1) is 13.7. The first-order valence-electron chi connectivity index (χ1n) is 6.19. The Morgan fingerprint density at radius 1 is 1.35 bits per heavy atom. The van der Waals surface area contributed by atoms with Crippen LogP contribution in [-0.2, 0) is 16.2 Å². The van der Waals surface area contributed by atoms with Crippen molar-refractivity contribution in [2.45, 2.75) is 39.7 Å². The number of carbonyl (C=O) groups is 1. The van der Waals surface area contributed by atoms with Gasteiger partial charge in [-0.1, -0.05) is 57.0 Å². The van der Waals surface area contributed by atoms with Crippen molar-refractivity contribution in [3.05, 3.63) is 35.9 Å². The lowest BCUT2D eigenvalue weighted by Gasteiger charge is -2.11. The maximum atomic E-state index is 11.6. The molecule has 94 valence electrons. The first-order valence-corrected chi connectivity index (χ1v) is 6.19. The molecule has 0 bridgehead atoms. The van der Waals surface area contributed by atoms with Gasteiger partial charge >= 0.3 is 0 Å². The Balaban J connectivity index is 2.20. The molecule has 17 heavy (non-hydrogen) atoms. The van der Waals surface area contributed by atoms with E-state index in [0.29, 0.717) is 6.61 Å². The van der Waals surface area contributed by atoms with Crippen LogP contribution in [0.4, 0.5) is 0 Å². The highest BCUT2D eigenvalue weighted by molar-refractivity contribution is 5.77. The molecule has 1 aromatic rings. The highest BCUT2D eigenvalue weighted by Crippen LogP contribution is 2.07. The molecule has 0 saturated heterocycles. The van der Waals surface area contributed by atoms with Gasteiger partial charge in [-0.3, -0.25) is 9.63 Å². The summed E-state index contributed by atoms with van der Waals surface area (Å²) < 4.78 is 0. The Hall–Kier alpha value is -1.35. The van der Waals surface area contributed by atoms with Crippen molar-refractivity contribution in [2.24, 2.45) is 5.92 Å². The van der Waals surface area contributed by atoms with Crippen molar-refractivity contribution < 1.29 is 9.63 Å². The Bertz CT molecular complexity index is 324. The SMILES string of the molecule is CCCCC(C)C(=O)NOCc1ccccc1. The van der Waals surface area contributed by atoms with Gasteiger partial charge < -0.3 is 0 Å². The fourth-order valence-electron chi connectivity index (χ4n) is 1.51. The molecule has 1 aromatic carbocycles. The fraction of sp³-hybridized carbons (Fsp3) is 0.500. The highest BCUT2D eigenvalue weighted by atomic mass is 16.6. The zero-order valence-corrected chi connectivity index (χ0v) is 10.6. The number of carbonyl (C=O) groups excluding carboxylic acids is 1. The van der Waals surface area contributed by atoms with E-state index in [1.165, 1.54) is 0 Å². The van der Waals surface area contributed by atoms with Gasteiger partial charge in [-0.05, 0) is 12.0 Å². The summed E-state index contributed by atoms with van der Waals surface area (Å²) in [5.74, 6) is -0.0138. The summed E-state index contributed by atoms with van der Waals surface area (Å²) in [4.78, 5) is 16.8. The number of nitrogens with one attached hydrogen (secondary N) is 1. The molecular weight excluding hydrogens is 214 g/mol. The van der Waals surface area contributed by atoms with Crippen molar-refractivity contribution in [3.63, 3.8) is 0 Å². The van der Waals surface area contributed by atoms with Gasteiger partial charge in [0.25, 0.3) is 0 Å². The Labute approximate surface area is 103 Å². The second kappa shape index (κ2) is 7.85. The van der Waals surface area contributed by atoms with Crippen LogP contribution in [0.3, 0.4) is 0 Å². The quantitative estimate of drug-likeness (QED) is 0.738. The van der Waals surface area contributed by atoms with Crippen molar-refractivity contribution in [3.8, 4) is 0 Å². The van der Waals surface area contributed by atoms with Gasteiger partial charge in [0.1, 0.15) is 0 Å². The lowest BCUT2D eigenvalue weighted by molar-refractivity contribution is -0.138. The second-order valence-corrected chi connectivity index (χ2v) is 4.28. The van der Waals surface area contributed by atoms with Crippen LogP contribution in [0, 0.1) is 5.92 Å². The van der Waals surface area contributed by atoms with Crippen LogP contribution >= 0.6 is 0 Å². The van der Waals surface area contributed by atoms with Crippen molar-refractivity contribution in [1.29, 1.82) is 0 Å². The Kier molecular flexibility index (Phi) is 6.33. The lowest BCUT2D eigenvalue weighted by atomic mass is 10.0. The minimum absolute atomic E-state index is 0.0192. The van der Waals surface area contributed by atoms with Crippen LogP contribution in [0.25, 0.3) is 0 Å². The molecule has 0 aliphatic carbocycles. The molecule has 3 heteroatoms. The molecule has 3 nitrogen and oxygen atoms in total. The van der Waals surface area contributed by atoms with Crippen LogP contribution in [0.15, 0.2) is 30.3 Å². The highest BCUT2D eigenvalue weighted by Gasteiger charge is 2.11. The van der Waals surface area contributed by atoms with Gasteiger partial charge in [0.05, 0.1) is 6.61 Å². The summed E-state index contributed by atoms with van der Waals surface area (Å²) in [6, 6.07) is 9.78. The normalized spacial score (nSPS) is 12.1. The summed E-state index contributed by atoms with van der Waals surface area (Å²) >= 11 is 0. The van der Waals surface area contributed by atoms with E-state index in [1.807, 2.05) is 37.3 Å². The maximum Gasteiger partial charge on any atom is 0.246 e. The minimum atomic E-state index is -0.0330. The van der Waals surface area contributed by atoms with Gasteiger partial charge in [-0.2, -0.15) is 0 Å². The molecule has 0 spiro atoms. The third kappa shape index (κ3) is 5.50. The molecule has 0 fully saturated rings. The van der Waals surface area contributed by atoms with Gasteiger partial charge in [-0.15, -0.1) is 0 Å². The Morgan fingerprint density at radius 3 is 2.71 bits per heavy atom. The predicted octanol–water partition coefficient (Wildman–Crippen LogP) is 3.06. The van der Waals surface area contributed by atoms with Gasteiger partial charge in [0, 0.05) is 5.92 Å². The molecule has 0 aliphatic rings. The smallest absolute Gasteiger partial charge is 0.246 e. The average Bonchev–Trinajstić information content (AvgIpc) is 2.37. The lowest BCUT2D eigenvalue weighted by Crippen LogP contribution is -2.29. The molecule has 0 aromatic heterocycles. The van der Waals surface area contributed by atoms with Crippen LogP contribution in [-0.4, -0.2) is 5.91 Å². The molecule has 1 N–H and O–H groups in total. The van der Waals surface area contributed by atoms with Crippen molar-refractivity contribution >= 4 is 5.91 Å². The Morgan fingerprint density at radius 2 is 2.06 bits per heavy atom. The van der Waals surface area contributed by atoms with Crippen molar-refractivity contribution in [1.82, 2.24) is 5.48 Å². The molecule has 0 saturated carbocycles. The van der Waals surface area contributed by atoms with E-state index in [0.717, 1.165) is 24.8 Å². The number of rotatable bonds is 7. The fourth-order valence-corrected chi connectivity index (χ4v) is 1.51. The van der Waals surface area contributed by atoms with E-state index in [9.17, 15) is 4.79 Å². The molecule has 1 atom stereocenters. The maximum absolute atomic E-state index is 11.6. The summed E-state index contributed by atoms with van der Waals surface area (Å²) in [5, 5.41) is 0. The topological polar surface area (TPSA) is 38.3 Å². The molecule has 0 aliphatic heterocycles. The van der Waals surface area contributed by atoms with E-state index < -0.39 is 0 Å². The van der Waals surface area contributed by atoms with Gasteiger partial charge in [-0.25, -0.2) is 5.48 Å². The van der Waals surface area contributed by atoms with E-state index in [4.69, 9.17) is 4.84 Å². The van der Waals surface area contributed by atoms with Crippen LogP contribution in [0.1, 0.15) is 38.7 Å². The van der Waals surface area contributed by atoms with E-state index in [1.54, 1.807) is 0 Å². The standard InChI is InChI=1S/C14H21NO2/c1-3-4-8-12(2)14(16)15-17-11-13-9-6-5-7-10-13/h5-7,9-10,12H,3-4,8,11H2,1-2H3,(H,15,16). The monoisotopic (exact) mass is 235 g/mol. The second-order valence-electron chi connectivity index (χ2n) is 4.28. The zero-order valence-electron chi connectivity index (χ0n) is 10.6. The summed E-state index contributed by atoms with van der Waals surface area (Å²) in [6.45, 7) is 4.46. The van der Waals surface area contributed by atoms with Crippen LogP contribution in [0.2, 0.25) is 0 Å². The predicted molar refractivity (Wildman–Crippen MR) is 68.1 cm³/mol. The molecule has 1 unspecified atom stereocenters. The van der Waals surface area contributed by atoms with Crippen LogP contribution in [0.5, 0.6) is 0 Å². The molecule has 0 heterocycles. The summed E-state index contributed by atoms with van der Waals surface area (Å²) in [7, 11) is 0. The first-order chi connectivity index (χ1) is 8.24. The third-order valence-electron chi connectivity index (χ3n) is 2.69. The average molecular weight is 235 g/mol. The third-order valence-corrected chi connectivity index (χ3v) is 2.69. The zero-order chi connectivity index (χ0) is 12.5. The number of hydroxylamine groups is 1. The van der Waals surface area contributed by atoms with Crippen molar-refractivity contribution in [2.75, 3.05) is 0 Å². The number of amides is 1. The largest absolute Gasteiger partial charge is 0.273 e. The van der Waals surface area contributed by atoms with Crippen LogP contribution < -0.4 is 5.48 Å². The molecule has 1 amide bonds. The van der Waals surface area contributed by atoms with Gasteiger partial charge in [0.15, 0.2) is 0 Å². The van der Waals surface area contributed by atoms with Gasteiger partial charge in [0.2, 0.25) is 5.91 Å². The summed E-state index contributed by atoms with van der Waals surface area (Å²) in [6.07, 6.45) is 3.10. The molecular formula is C14H21NO2. The van der Waals surface area contributed by atoms with E-state index in [2.05, 4.69) is 12.4 Å². The summed E-state index contributed by atoms with van der Waals surface area (Å²) in [5.41, 5.74) is 3.55. The number of hydrogen-bond donors (Lipinski definition) is 1. The number of hydrogen-bond acceptors (Lipinski definition) is 2. The van der Waals surface area contributed by atoms with E-state index in [-0.39, 0.29) is 11.8 Å².